The van der Waals surface area contributed by atoms with Crippen LogP contribution in [0, 0.1) is 0 Å². The molecule has 6 heteroatoms. The SMILES string of the molecule is Oc1ccccc1C=Nc1ccc([Se][Se]c2ccc(NCc3ccccc3O)cc2)cc1. The first-order chi connectivity index (χ1) is 15.7. The molecule has 3 N–H and O–H groups in total. The Morgan fingerprint density at radius 2 is 1.28 bits per heavy atom. The van der Waals surface area contributed by atoms with Gasteiger partial charge in [0.25, 0.3) is 0 Å². The Balaban J connectivity index is 1.28. The monoisotopic (exact) mass is 554 g/mol. The number of hydrogen-bond donors (Lipinski definition) is 3. The number of aromatic hydroxyl groups is 2. The molecule has 4 nitrogen and oxygen atoms in total. The molecule has 160 valence electrons. The van der Waals surface area contributed by atoms with E-state index in [1.807, 2.05) is 42.5 Å². The zero-order valence-corrected chi connectivity index (χ0v) is 20.6. The molecule has 4 rings (SSSR count). The van der Waals surface area contributed by atoms with Crippen LogP contribution in [-0.2, 0) is 6.54 Å². The second-order valence-electron chi connectivity index (χ2n) is 6.98. The third-order valence-corrected chi connectivity index (χ3v) is 11.9. The zero-order valence-electron chi connectivity index (χ0n) is 17.2. The van der Waals surface area contributed by atoms with Gasteiger partial charge in [0.15, 0.2) is 0 Å². The Morgan fingerprint density at radius 3 is 1.94 bits per heavy atom. The molecule has 0 radical (unpaired) electrons. The van der Waals surface area contributed by atoms with Gasteiger partial charge in [-0.1, -0.05) is 0 Å². The Kier molecular flexibility index (Phi) is 7.65. The van der Waals surface area contributed by atoms with Gasteiger partial charge in [0.1, 0.15) is 0 Å². The topological polar surface area (TPSA) is 64.9 Å². The second kappa shape index (κ2) is 11.0. The molecule has 0 aliphatic rings. The quantitative estimate of drug-likeness (QED) is 0.231. The Morgan fingerprint density at radius 1 is 0.688 bits per heavy atom. The molecule has 0 unspecified atom stereocenters. The third kappa shape index (κ3) is 6.25. The van der Waals surface area contributed by atoms with Crippen molar-refractivity contribution in [1.82, 2.24) is 0 Å². The number of nitrogens with zero attached hydrogens (tertiary/aromatic N) is 1. The van der Waals surface area contributed by atoms with Crippen molar-refractivity contribution < 1.29 is 10.2 Å². The van der Waals surface area contributed by atoms with E-state index in [2.05, 4.69) is 46.7 Å². The number of phenolic OH excluding ortho intramolecular Hbond substituents is 2. The van der Waals surface area contributed by atoms with Crippen molar-refractivity contribution in [2.45, 2.75) is 6.54 Å². The molecule has 0 atom stereocenters. The van der Waals surface area contributed by atoms with E-state index in [9.17, 15) is 10.2 Å². The van der Waals surface area contributed by atoms with Crippen molar-refractivity contribution in [3.8, 4) is 11.5 Å². The first-order valence-corrected chi connectivity index (χ1v) is 16.1. The van der Waals surface area contributed by atoms with Crippen molar-refractivity contribution in [3.63, 3.8) is 0 Å². The standard InChI is InChI=1S/C26H22N2O2Se2/c29-25-7-3-1-5-19(25)17-27-21-9-13-23(14-10-21)31-32-24-15-11-22(12-16-24)28-18-20-6-2-4-8-26(20)30/h1-17,28-30H,18H2. The van der Waals surface area contributed by atoms with E-state index in [0.29, 0.717) is 44.1 Å². The van der Waals surface area contributed by atoms with Crippen molar-refractivity contribution in [3.05, 3.63) is 108 Å². The van der Waals surface area contributed by atoms with Crippen LogP contribution in [0.25, 0.3) is 0 Å². The van der Waals surface area contributed by atoms with Gasteiger partial charge in [-0.05, 0) is 0 Å². The normalized spacial score (nSPS) is 11.0. The molecule has 0 aliphatic carbocycles. The summed E-state index contributed by atoms with van der Waals surface area (Å²) in [4.78, 5) is 4.46. The maximum absolute atomic E-state index is 9.87. The van der Waals surface area contributed by atoms with E-state index in [1.165, 1.54) is 8.92 Å². The van der Waals surface area contributed by atoms with Crippen LogP contribution in [-0.4, -0.2) is 42.7 Å². The molecule has 0 amide bonds. The Hall–Kier alpha value is -3.01. The molecule has 0 aliphatic heterocycles. The van der Waals surface area contributed by atoms with Gasteiger partial charge >= 0.3 is 200 Å². The molecule has 0 spiro atoms. The minimum atomic E-state index is 0.235. The summed E-state index contributed by atoms with van der Waals surface area (Å²) in [5.74, 6) is 0.552. The Bertz CT molecular complexity index is 1190. The van der Waals surface area contributed by atoms with Gasteiger partial charge in [0.05, 0.1) is 0 Å². The van der Waals surface area contributed by atoms with Gasteiger partial charge < -0.3 is 0 Å². The van der Waals surface area contributed by atoms with Crippen LogP contribution in [0.15, 0.2) is 102 Å². The maximum atomic E-state index is 9.87. The van der Waals surface area contributed by atoms with Crippen molar-refractivity contribution in [2.75, 3.05) is 5.32 Å². The first kappa shape index (κ1) is 22.2. The van der Waals surface area contributed by atoms with E-state index in [1.54, 1.807) is 24.4 Å². The number of aliphatic imine (C=N–C) groups is 1. The van der Waals surface area contributed by atoms with Crippen LogP contribution in [0.1, 0.15) is 11.1 Å². The van der Waals surface area contributed by atoms with Crippen LogP contribution in [0.5, 0.6) is 11.5 Å². The molecule has 0 bridgehead atoms. The van der Waals surface area contributed by atoms with E-state index in [0.717, 1.165) is 16.9 Å². The number of para-hydroxylation sites is 2. The molecule has 32 heavy (non-hydrogen) atoms. The molecule has 0 fully saturated rings. The summed E-state index contributed by atoms with van der Waals surface area (Å²) >= 11 is 0.807. The molecule has 0 saturated heterocycles. The van der Waals surface area contributed by atoms with Crippen LogP contribution in [0.2, 0.25) is 0 Å². The fourth-order valence-electron chi connectivity index (χ4n) is 2.91. The van der Waals surface area contributed by atoms with Crippen LogP contribution in [0.4, 0.5) is 11.4 Å². The van der Waals surface area contributed by atoms with E-state index in [4.69, 9.17) is 0 Å². The Labute approximate surface area is 198 Å². The van der Waals surface area contributed by atoms with Crippen molar-refractivity contribution in [2.24, 2.45) is 4.99 Å². The number of nitrogens with one attached hydrogen (secondary N) is 1. The van der Waals surface area contributed by atoms with Gasteiger partial charge in [0, 0.05) is 0 Å². The van der Waals surface area contributed by atoms with E-state index in [-0.39, 0.29) is 5.75 Å². The van der Waals surface area contributed by atoms with Crippen LogP contribution in [0.3, 0.4) is 0 Å². The summed E-state index contributed by atoms with van der Waals surface area (Å²) in [6.07, 6.45) is 1.69. The zero-order chi connectivity index (χ0) is 22.2. The number of rotatable bonds is 8. The predicted molar refractivity (Wildman–Crippen MR) is 134 cm³/mol. The first-order valence-electron chi connectivity index (χ1n) is 10.0. The van der Waals surface area contributed by atoms with E-state index >= 15 is 0 Å². The van der Waals surface area contributed by atoms with Crippen molar-refractivity contribution >= 4 is 52.8 Å². The van der Waals surface area contributed by atoms with Crippen LogP contribution >= 0.6 is 0 Å². The molecule has 4 aromatic rings. The fraction of sp³-hybridized carbons (Fsp3) is 0.0385. The average molecular weight is 552 g/mol. The molecular formula is C26H22N2O2Se2. The van der Waals surface area contributed by atoms with Gasteiger partial charge in [-0.15, -0.1) is 0 Å². The molecule has 0 aromatic heterocycles. The summed E-state index contributed by atoms with van der Waals surface area (Å²) in [5.41, 5.74) is 3.52. The van der Waals surface area contributed by atoms with Gasteiger partial charge in [-0.3, -0.25) is 0 Å². The van der Waals surface area contributed by atoms with Crippen LogP contribution < -0.4 is 14.2 Å². The molecule has 0 heterocycles. The third-order valence-electron chi connectivity index (χ3n) is 4.69. The summed E-state index contributed by atoms with van der Waals surface area (Å²) < 4.78 is 2.72. The second-order valence-corrected chi connectivity index (χ2v) is 13.3. The average Bonchev–Trinajstić information content (AvgIpc) is 2.83. The number of phenols is 2. The van der Waals surface area contributed by atoms with Crippen molar-refractivity contribution in [1.29, 1.82) is 0 Å². The summed E-state index contributed by atoms with van der Waals surface area (Å²) in [6.45, 7) is 0.597. The number of anilines is 1. The van der Waals surface area contributed by atoms with Gasteiger partial charge in [0.2, 0.25) is 0 Å². The minimum absolute atomic E-state index is 0.235. The number of benzene rings is 4. The predicted octanol–water partition coefficient (Wildman–Crippen LogP) is 3.73. The molecular weight excluding hydrogens is 530 g/mol. The fourth-order valence-corrected chi connectivity index (χ4v) is 8.87. The summed E-state index contributed by atoms with van der Waals surface area (Å²) in [7, 11) is 0. The van der Waals surface area contributed by atoms with Gasteiger partial charge in [-0.25, -0.2) is 0 Å². The summed E-state index contributed by atoms with van der Waals surface area (Å²) in [6, 6.07) is 31.4. The molecule has 0 saturated carbocycles. The number of hydrogen-bond acceptors (Lipinski definition) is 4. The molecule has 4 aromatic carbocycles. The summed E-state index contributed by atoms with van der Waals surface area (Å²) in [5, 5.41) is 23.0. The van der Waals surface area contributed by atoms with E-state index < -0.39 is 0 Å². The van der Waals surface area contributed by atoms with Gasteiger partial charge in [-0.2, -0.15) is 0 Å².